The van der Waals surface area contributed by atoms with Gasteiger partial charge in [-0.25, -0.2) is 22.1 Å². The Morgan fingerprint density at radius 2 is 2.27 bits per heavy atom. The first-order valence-corrected chi connectivity index (χ1v) is 9.75. The Morgan fingerprint density at radius 3 is 2.95 bits per heavy atom. The second-order valence-electron chi connectivity index (χ2n) is 5.69. The van der Waals surface area contributed by atoms with Gasteiger partial charge in [-0.1, -0.05) is 11.3 Å². The zero-order valence-electron chi connectivity index (χ0n) is 12.5. The van der Waals surface area contributed by atoms with Gasteiger partial charge in [-0.15, -0.1) is 0 Å². The minimum Gasteiger partial charge on any atom is -0.361 e. The Morgan fingerprint density at radius 1 is 1.50 bits per heavy atom. The zero-order chi connectivity index (χ0) is 15.9. The fourth-order valence-electron chi connectivity index (χ4n) is 2.67. The molecule has 120 valence electrons. The molecular weight excluding hydrogens is 325 g/mol. The van der Waals surface area contributed by atoms with Gasteiger partial charge in [-0.3, -0.25) is 0 Å². The van der Waals surface area contributed by atoms with Gasteiger partial charge in [0.05, 0.1) is 16.5 Å². The Balaban J connectivity index is 1.67. The summed E-state index contributed by atoms with van der Waals surface area (Å²) in [5, 5.41) is 4.01. The molecule has 8 heteroatoms. The van der Waals surface area contributed by atoms with Gasteiger partial charge in [-0.05, 0) is 31.4 Å². The van der Waals surface area contributed by atoms with Crippen LogP contribution in [0.4, 0.5) is 9.52 Å². The number of aromatic nitrogens is 1. The quantitative estimate of drug-likeness (QED) is 0.926. The average molecular weight is 343 g/mol. The van der Waals surface area contributed by atoms with Crippen LogP contribution in [0.25, 0.3) is 10.2 Å². The summed E-state index contributed by atoms with van der Waals surface area (Å²) in [5.74, 6) is 0.0310. The number of thiazole rings is 1. The molecule has 1 aliphatic heterocycles. The molecule has 0 aliphatic carbocycles. The van der Waals surface area contributed by atoms with E-state index in [0.29, 0.717) is 30.7 Å². The topological polar surface area (TPSA) is 62.3 Å². The number of hydrogen-bond acceptors (Lipinski definition) is 5. The van der Waals surface area contributed by atoms with Gasteiger partial charge in [0.15, 0.2) is 5.13 Å². The fraction of sp³-hybridized carbons (Fsp3) is 0.500. The summed E-state index contributed by atoms with van der Waals surface area (Å²) in [6.07, 6.45) is 2.09. The van der Waals surface area contributed by atoms with Crippen molar-refractivity contribution in [1.29, 1.82) is 0 Å². The summed E-state index contributed by atoms with van der Waals surface area (Å²) in [4.78, 5) is 4.44. The van der Waals surface area contributed by atoms with Crippen molar-refractivity contribution in [3.8, 4) is 0 Å². The second-order valence-corrected chi connectivity index (χ2v) is 8.71. The maximum absolute atomic E-state index is 13.5. The van der Waals surface area contributed by atoms with Crippen molar-refractivity contribution in [2.24, 2.45) is 5.92 Å². The predicted octanol–water partition coefficient (Wildman–Crippen LogP) is 2.44. The van der Waals surface area contributed by atoms with Crippen LogP contribution in [0.1, 0.15) is 12.0 Å². The number of rotatable bonds is 4. The molecule has 2 heterocycles. The van der Waals surface area contributed by atoms with Crippen LogP contribution >= 0.6 is 11.3 Å². The highest BCUT2D eigenvalue weighted by atomic mass is 32.2. The molecule has 0 spiro atoms. The maximum Gasteiger partial charge on any atom is 0.211 e. The van der Waals surface area contributed by atoms with Crippen molar-refractivity contribution in [3.05, 3.63) is 23.5 Å². The van der Waals surface area contributed by atoms with E-state index < -0.39 is 10.0 Å². The highest BCUT2D eigenvalue weighted by Crippen LogP contribution is 2.30. The van der Waals surface area contributed by atoms with Crippen LogP contribution in [0.3, 0.4) is 0 Å². The third-order valence-electron chi connectivity index (χ3n) is 4.01. The van der Waals surface area contributed by atoms with E-state index in [9.17, 15) is 12.8 Å². The first kappa shape index (κ1) is 15.6. The Kier molecular flexibility index (Phi) is 4.09. The molecule has 2 aromatic rings. The summed E-state index contributed by atoms with van der Waals surface area (Å²) in [7, 11) is -3.10. The van der Waals surface area contributed by atoms with Gasteiger partial charge in [0.25, 0.3) is 0 Å². The van der Waals surface area contributed by atoms with E-state index in [1.165, 1.54) is 28.0 Å². The van der Waals surface area contributed by atoms with Crippen molar-refractivity contribution in [2.75, 3.05) is 31.2 Å². The van der Waals surface area contributed by atoms with E-state index in [0.717, 1.165) is 16.3 Å². The van der Waals surface area contributed by atoms with E-state index in [1.54, 1.807) is 13.0 Å². The Bertz CT molecular complexity index is 804. The van der Waals surface area contributed by atoms with E-state index >= 15 is 0 Å². The van der Waals surface area contributed by atoms with Crippen molar-refractivity contribution >= 4 is 36.7 Å². The minimum atomic E-state index is -3.10. The second kappa shape index (κ2) is 5.75. The molecule has 1 N–H and O–H groups in total. The van der Waals surface area contributed by atoms with E-state index in [4.69, 9.17) is 0 Å². The van der Waals surface area contributed by atoms with Crippen LogP contribution in [-0.4, -0.2) is 43.6 Å². The summed E-state index contributed by atoms with van der Waals surface area (Å²) in [6, 6.07) is 3.20. The van der Waals surface area contributed by atoms with Crippen molar-refractivity contribution < 1.29 is 12.8 Å². The Labute approximate surface area is 133 Å². The molecule has 0 bridgehead atoms. The van der Waals surface area contributed by atoms with Crippen LogP contribution < -0.4 is 5.32 Å². The van der Waals surface area contributed by atoms with Gasteiger partial charge < -0.3 is 5.32 Å². The predicted molar refractivity (Wildman–Crippen MR) is 87.3 cm³/mol. The van der Waals surface area contributed by atoms with Gasteiger partial charge in [0, 0.05) is 25.2 Å². The molecule has 1 fully saturated rings. The first-order valence-electron chi connectivity index (χ1n) is 7.09. The average Bonchev–Trinajstić information content (AvgIpc) is 3.07. The molecule has 1 atom stereocenters. The lowest BCUT2D eigenvalue weighted by Crippen LogP contribution is -2.28. The van der Waals surface area contributed by atoms with Crippen LogP contribution in [0.5, 0.6) is 0 Å². The monoisotopic (exact) mass is 343 g/mol. The fourth-order valence-corrected chi connectivity index (χ4v) is 4.52. The molecular formula is C14H18FN3O2S2. The smallest absolute Gasteiger partial charge is 0.211 e. The van der Waals surface area contributed by atoms with Crippen molar-refractivity contribution in [3.63, 3.8) is 0 Å². The van der Waals surface area contributed by atoms with Crippen LogP contribution in [0, 0.1) is 18.7 Å². The molecule has 3 rings (SSSR count). The number of nitrogens with one attached hydrogen (secondary N) is 1. The molecule has 1 aromatic heterocycles. The normalized spacial score (nSPS) is 19.9. The van der Waals surface area contributed by atoms with Gasteiger partial charge in [0.2, 0.25) is 10.0 Å². The molecule has 0 saturated carbocycles. The molecule has 1 saturated heterocycles. The maximum atomic E-state index is 13.5. The number of benzene rings is 1. The lowest BCUT2D eigenvalue weighted by atomic mass is 10.1. The number of anilines is 1. The number of halogens is 1. The highest BCUT2D eigenvalue weighted by molar-refractivity contribution is 7.88. The highest BCUT2D eigenvalue weighted by Gasteiger charge is 2.28. The SMILES string of the molecule is Cc1c(F)ccc2sc(NCC3CCN(S(C)(=O)=O)C3)nc12. The van der Waals surface area contributed by atoms with E-state index in [-0.39, 0.29) is 11.7 Å². The summed E-state index contributed by atoms with van der Waals surface area (Å²) in [6.45, 7) is 3.52. The lowest BCUT2D eigenvalue weighted by Gasteiger charge is -2.13. The summed E-state index contributed by atoms with van der Waals surface area (Å²) >= 11 is 1.49. The molecule has 0 radical (unpaired) electrons. The molecule has 22 heavy (non-hydrogen) atoms. The molecule has 1 unspecified atom stereocenters. The number of hydrogen-bond donors (Lipinski definition) is 1. The standard InChI is InChI=1S/C14H18FN3O2S2/c1-9-11(15)3-4-12-13(9)17-14(21-12)16-7-10-5-6-18(8-10)22(2,19)20/h3-4,10H,5-8H2,1-2H3,(H,16,17). The summed E-state index contributed by atoms with van der Waals surface area (Å²) in [5.41, 5.74) is 1.25. The molecule has 1 aliphatic rings. The van der Waals surface area contributed by atoms with Gasteiger partial charge >= 0.3 is 0 Å². The minimum absolute atomic E-state index is 0.246. The number of fused-ring (bicyclic) bond motifs is 1. The van der Waals surface area contributed by atoms with Gasteiger partial charge in [0.1, 0.15) is 5.82 Å². The van der Waals surface area contributed by atoms with Crippen molar-refractivity contribution in [1.82, 2.24) is 9.29 Å². The number of nitrogens with zero attached hydrogens (tertiary/aromatic N) is 2. The first-order chi connectivity index (χ1) is 10.3. The zero-order valence-corrected chi connectivity index (χ0v) is 14.1. The Hall–Kier alpha value is -1.25. The van der Waals surface area contributed by atoms with Crippen molar-refractivity contribution in [2.45, 2.75) is 13.3 Å². The lowest BCUT2D eigenvalue weighted by molar-refractivity contribution is 0.466. The third-order valence-corrected chi connectivity index (χ3v) is 6.26. The van der Waals surface area contributed by atoms with Gasteiger partial charge in [-0.2, -0.15) is 0 Å². The van der Waals surface area contributed by atoms with E-state index in [1.807, 2.05) is 0 Å². The van der Waals surface area contributed by atoms with Crippen LogP contribution in [0.15, 0.2) is 12.1 Å². The molecule has 0 amide bonds. The van der Waals surface area contributed by atoms with Crippen LogP contribution in [0.2, 0.25) is 0 Å². The van der Waals surface area contributed by atoms with E-state index in [2.05, 4.69) is 10.3 Å². The third kappa shape index (κ3) is 3.09. The number of sulfonamides is 1. The summed E-state index contributed by atoms with van der Waals surface area (Å²) < 4.78 is 39.0. The molecule has 1 aromatic carbocycles. The molecule has 5 nitrogen and oxygen atoms in total. The largest absolute Gasteiger partial charge is 0.361 e. The number of aryl methyl sites for hydroxylation is 1. The van der Waals surface area contributed by atoms with Crippen LogP contribution in [-0.2, 0) is 10.0 Å².